The van der Waals surface area contributed by atoms with Crippen LogP contribution < -0.4 is 4.72 Å². The highest BCUT2D eigenvalue weighted by molar-refractivity contribution is 7.99. The lowest BCUT2D eigenvalue weighted by Gasteiger charge is -2.06. The number of hydrogen-bond acceptors (Lipinski definition) is 5. The second kappa shape index (κ2) is 7.96. The number of aromatic nitrogens is 2. The van der Waals surface area contributed by atoms with Gasteiger partial charge >= 0.3 is 0 Å². The maximum atomic E-state index is 12.2. The Morgan fingerprint density at radius 2 is 1.64 bits per heavy atom. The molecule has 3 aromatic rings. The summed E-state index contributed by atoms with van der Waals surface area (Å²) in [6, 6.07) is 18.1. The molecule has 0 aliphatic heterocycles. The van der Waals surface area contributed by atoms with Crippen molar-refractivity contribution in [3.63, 3.8) is 0 Å². The van der Waals surface area contributed by atoms with Gasteiger partial charge in [-0.1, -0.05) is 48.2 Å². The molecule has 1 aromatic carbocycles. The van der Waals surface area contributed by atoms with Crippen LogP contribution in [0.4, 0.5) is 5.69 Å². The molecule has 2 heterocycles. The minimum Gasteiger partial charge on any atom is -0.280 e. The molecule has 0 atom stereocenters. The monoisotopic (exact) mass is 369 g/mol. The lowest BCUT2D eigenvalue weighted by Crippen LogP contribution is -2.08. The zero-order valence-corrected chi connectivity index (χ0v) is 14.7. The fourth-order valence-electron chi connectivity index (χ4n) is 1.97. The van der Waals surface area contributed by atoms with Crippen LogP contribution in [0, 0.1) is 0 Å². The highest BCUT2D eigenvalue weighted by Gasteiger charge is 2.07. The van der Waals surface area contributed by atoms with Gasteiger partial charge in [-0.3, -0.25) is 4.72 Å². The smallest absolute Gasteiger partial charge is 0.255 e. The Kier molecular flexibility index (Phi) is 5.47. The molecule has 5 nitrogen and oxygen atoms in total. The zero-order chi connectivity index (χ0) is 17.5. The lowest BCUT2D eigenvalue weighted by atomic mass is 10.2. The van der Waals surface area contributed by atoms with Gasteiger partial charge in [-0.15, -0.1) is 0 Å². The third-order valence-electron chi connectivity index (χ3n) is 3.08. The number of pyridine rings is 2. The average Bonchev–Trinajstić information content (AvgIpc) is 2.62. The molecule has 7 heteroatoms. The van der Waals surface area contributed by atoms with E-state index in [1.807, 2.05) is 48.5 Å². The van der Waals surface area contributed by atoms with Gasteiger partial charge in [-0.25, -0.2) is 18.4 Å². The van der Waals surface area contributed by atoms with E-state index in [1.165, 1.54) is 11.8 Å². The van der Waals surface area contributed by atoms with Gasteiger partial charge in [0.05, 0.1) is 11.1 Å². The van der Waals surface area contributed by atoms with Gasteiger partial charge in [-0.05, 0) is 35.9 Å². The van der Waals surface area contributed by atoms with Gasteiger partial charge in [0.25, 0.3) is 10.0 Å². The molecule has 0 saturated heterocycles. The van der Waals surface area contributed by atoms with Crippen LogP contribution in [-0.4, -0.2) is 18.4 Å². The number of rotatable bonds is 6. The lowest BCUT2D eigenvalue weighted by molar-refractivity contribution is 0.609. The molecule has 0 bridgehead atoms. The van der Waals surface area contributed by atoms with Gasteiger partial charge < -0.3 is 0 Å². The van der Waals surface area contributed by atoms with Crippen molar-refractivity contribution in [3.05, 3.63) is 84.0 Å². The molecule has 126 valence electrons. The molecule has 2 aromatic heterocycles. The summed E-state index contributed by atoms with van der Waals surface area (Å²) in [7, 11) is -3.61. The quantitative estimate of drug-likeness (QED) is 0.710. The summed E-state index contributed by atoms with van der Waals surface area (Å²) in [5, 5.41) is 2.60. The third-order valence-corrected chi connectivity index (χ3v) is 4.98. The first kappa shape index (κ1) is 17.2. The van der Waals surface area contributed by atoms with Crippen LogP contribution in [0.15, 0.2) is 88.5 Å². The largest absolute Gasteiger partial charge is 0.280 e. The highest BCUT2D eigenvalue weighted by Crippen LogP contribution is 2.25. The van der Waals surface area contributed by atoms with Crippen molar-refractivity contribution in [1.82, 2.24) is 9.97 Å². The van der Waals surface area contributed by atoms with Crippen LogP contribution >= 0.6 is 11.8 Å². The minimum absolute atomic E-state index is 0.450. The molecule has 0 aliphatic carbocycles. The van der Waals surface area contributed by atoms with Crippen molar-refractivity contribution in [2.75, 3.05) is 4.72 Å². The summed E-state index contributed by atoms with van der Waals surface area (Å²) in [5.74, 6) is 0. The van der Waals surface area contributed by atoms with E-state index in [4.69, 9.17) is 0 Å². The molecule has 1 N–H and O–H groups in total. The van der Waals surface area contributed by atoms with Crippen molar-refractivity contribution >= 4 is 33.5 Å². The van der Waals surface area contributed by atoms with Crippen LogP contribution in [0.1, 0.15) is 5.56 Å². The second-order valence-electron chi connectivity index (χ2n) is 5.01. The van der Waals surface area contributed by atoms with Crippen molar-refractivity contribution in [2.24, 2.45) is 0 Å². The molecule has 3 rings (SSSR count). The molecular weight excluding hydrogens is 354 g/mol. The summed E-state index contributed by atoms with van der Waals surface area (Å²) in [6.07, 6.45) is 4.81. The molecule has 0 unspecified atom stereocenters. The van der Waals surface area contributed by atoms with Crippen molar-refractivity contribution in [2.45, 2.75) is 10.1 Å². The Morgan fingerprint density at radius 1 is 0.880 bits per heavy atom. The Balaban J connectivity index is 1.72. The Morgan fingerprint density at radius 3 is 2.40 bits per heavy atom. The van der Waals surface area contributed by atoms with Crippen molar-refractivity contribution in [1.29, 1.82) is 0 Å². The van der Waals surface area contributed by atoms with Crippen molar-refractivity contribution < 1.29 is 8.42 Å². The molecule has 0 radical (unpaired) electrons. The Labute approximate surface area is 150 Å². The van der Waals surface area contributed by atoms with Crippen LogP contribution in [0.5, 0.6) is 0 Å². The van der Waals surface area contributed by atoms with Crippen LogP contribution in [-0.2, 0) is 10.0 Å². The number of nitrogens with zero attached hydrogens (tertiary/aromatic N) is 2. The van der Waals surface area contributed by atoms with E-state index >= 15 is 0 Å². The Hall–Kier alpha value is -2.64. The van der Waals surface area contributed by atoms with Gasteiger partial charge in [0, 0.05) is 12.4 Å². The summed E-state index contributed by atoms with van der Waals surface area (Å²) in [6.45, 7) is 0. The summed E-state index contributed by atoms with van der Waals surface area (Å²) in [4.78, 5) is 8.44. The molecule has 0 spiro atoms. The number of nitrogens with one attached hydrogen (secondary N) is 1. The molecular formula is C18H15N3O2S2. The summed E-state index contributed by atoms with van der Waals surface area (Å²) < 4.78 is 26.9. The van der Waals surface area contributed by atoms with E-state index in [-0.39, 0.29) is 0 Å². The second-order valence-corrected chi connectivity index (χ2v) is 7.62. The molecule has 0 amide bonds. The van der Waals surface area contributed by atoms with E-state index in [1.54, 1.807) is 30.6 Å². The minimum atomic E-state index is -3.61. The average molecular weight is 369 g/mol. The SMILES string of the molecule is O=S(=O)(/C=C/c1ccccc1)Nc1ccnc(Sc2ccccn2)c1. The fourth-order valence-corrected chi connectivity index (χ4v) is 3.61. The first-order chi connectivity index (χ1) is 12.1. The molecule has 0 aliphatic rings. The van der Waals surface area contributed by atoms with E-state index in [0.29, 0.717) is 10.7 Å². The molecule has 0 saturated carbocycles. The highest BCUT2D eigenvalue weighted by atomic mass is 32.2. The maximum Gasteiger partial charge on any atom is 0.255 e. The number of sulfonamides is 1. The van der Waals surface area contributed by atoms with E-state index in [2.05, 4.69) is 14.7 Å². The predicted octanol–water partition coefficient (Wildman–Crippen LogP) is 4.04. The normalized spacial score (nSPS) is 11.5. The van der Waals surface area contributed by atoms with Gasteiger partial charge in [0.1, 0.15) is 10.1 Å². The van der Waals surface area contributed by atoms with E-state index in [9.17, 15) is 8.42 Å². The summed E-state index contributed by atoms with van der Waals surface area (Å²) >= 11 is 1.36. The van der Waals surface area contributed by atoms with Gasteiger partial charge in [-0.2, -0.15) is 0 Å². The molecule has 25 heavy (non-hydrogen) atoms. The van der Waals surface area contributed by atoms with Crippen LogP contribution in [0.25, 0.3) is 6.08 Å². The van der Waals surface area contributed by atoms with E-state index in [0.717, 1.165) is 16.0 Å². The maximum absolute atomic E-state index is 12.2. The Bertz CT molecular complexity index is 960. The van der Waals surface area contributed by atoms with Gasteiger partial charge in [0.2, 0.25) is 0 Å². The predicted molar refractivity (Wildman–Crippen MR) is 101 cm³/mol. The topological polar surface area (TPSA) is 72.0 Å². The zero-order valence-electron chi connectivity index (χ0n) is 13.1. The van der Waals surface area contributed by atoms with E-state index < -0.39 is 10.0 Å². The molecule has 0 fully saturated rings. The number of hydrogen-bond donors (Lipinski definition) is 1. The first-order valence-corrected chi connectivity index (χ1v) is 9.78. The number of anilines is 1. The summed E-state index contributed by atoms with van der Waals surface area (Å²) in [5.41, 5.74) is 1.26. The van der Waals surface area contributed by atoms with Crippen molar-refractivity contribution in [3.8, 4) is 0 Å². The van der Waals surface area contributed by atoms with Crippen LogP contribution in [0.3, 0.4) is 0 Å². The fraction of sp³-hybridized carbons (Fsp3) is 0. The first-order valence-electron chi connectivity index (χ1n) is 7.42. The standard InChI is InChI=1S/C18H15N3O2S2/c22-25(23,13-10-15-6-2-1-3-7-15)21-16-9-12-20-18(14-16)24-17-8-4-5-11-19-17/h1-14H,(H,20,21)/b13-10+. The van der Waals surface area contributed by atoms with Crippen LogP contribution in [0.2, 0.25) is 0 Å². The number of benzene rings is 1. The third kappa shape index (κ3) is 5.44. The van der Waals surface area contributed by atoms with Gasteiger partial charge in [0.15, 0.2) is 0 Å².